The van der Waals surface area contributed by atoms with Gasteiger partial charge in [-0.1, -0.05) is 0 Å². The summed E-state index contributed by atoms with van der Waals surface area (Å²) >= 11 is 0. The summed E-state index contributed by atoms with van der Waals surface area (Å²) in [6.07, 6.45) is 0. The van der Waals surface area contributed by atoms with E-state index in [1.54, 1.807) is 26.0 Å². The summed E-state index contributed by atoms with van der Waals surface area (Å²) in [6.45, 7) is 3.52. The molecule has 0 saturated heterocycles. The Bertz CT molecular complexity index is 1100. The summed E-state index contributed by atoms with van der Waals surface area (Å²) in [5, 5.41) is 2.93. The highest BCUT2D eigenvalue weighted by atomic mass is 16.5. The molecule has 1 unspecified atom stereocenters. The number of nitrogens with one attached hydrogen (secondary N) is 3. The number of carbonyl (C=O) groups excluding carboxylic acids is 1. The van der Waals surface area contributed by atoms with E-state index < -0.39 is 23.1 Å². The van der Waals surface area contributed by atoms with E-state index in [-0.39, 0.29) is 23.6 Å². The molecule has 0 saturated carbocycles. The van der Waals surface area contributed by atoms with Gasteiger partial charge in [-0.05, 0) is 31.5 Å². The second-order valence-corrected chi connectivity index (χ2v) is 6.47. The van der Waals surface area contributed by atoms with Gasteiger partial charge in [0.25, 0.3) is 5.56 Å². The molecule has 1 aromatic carbocycles. The fourth-order valence-electron chi connectivity index (χ4n) is 3.57. The molecule has 160 valence electrons. The number of H-pyrrole nitrogens is 2. The van der Waals surface area contributed by atoms with Crippen molar-refractivity contribution >= 4 is 11.8 Å². The van der Waals surface area contributed by atoms with Gasteiger partial charge in [-0.15, -0.1) is 0 Å². The van der Waals surface area contributed by atoms with Gasteiger partial charge in [-0.25, -0.2) is 9.59 Å². The lowest BCUT2D eigenvalue weighted by atomic mass is 9.82. The van der Waals surface area contributed by atoms with Gasteiger partial charge in [-0.3, -0.25) is 14.8 Å². The molecule has 10 nitrogen and oxygen atoms in total. The predicted octanol–water partition coefficient (Wildman–Crippen LogP) is 1.48. The van der Waals surface area contributed by atoms with Crippen molar-refractivity contribution in [3.8, 4) is 17.2 Å². The second-order valence-electron chi connectivity index (χ2n) is 6.47. The predicted molar refractivity (Wildman–Crippen MR) is 109 cm³/mol. The number of hydrogen-bond acceptors (Lipinski definition) is 8. The average molecular weight is 417 g/mol. The number of allylic oxidation sites excluding steroid dienone is 1. The van der Waals surface area contributed by atoms with Crippen molar-refractivity contribution in [2.24, 2.45) is 0 Å². The van der Waals surface area contributed by atoms with Crippen molar-refractivity contribution in [1.29, 1.82) is 0 Å². The number of ether oxygens (including phenoxy) is 4. The molecular weight excluding hydrogens is 394 g/mol. The largest absolute Gasteiger partial charge is 0.493 e. The van der Waals surface area contributed by atoms with E-state index >= 15 is 0 Å². The highest BCUT2D eigenvalue weighted by Gasteiger charge is 2.37. The summed E-state index contributed by atoms with van der Waals surface area (Å²) < 4.78 is 21.4. The van der Waals surface area contributed by atoms with Crippen LogP contribution in [0.25, 0.3) is 0 Å². The van der Waals surface area contributed by atoms with E-state index in [0.29, 0.717) is 28.5 Å². The van der Waals surface area contributed by atoms with Gasteiger partial charge in [0.2, 0.25) is 5.75 Å². The molecule has 1 aliphatic rings. The normalized spacial score (nSPS) is 15.2. The van der Waals surface area contributed by atoms with Crippen LogP contribution in [-0.2, 0) is 9.53 Å². The minimum absolute atomic E-state index is 0.159. The van der Waals surface area contributed by atoms with Crippen LogP contribution in [0.1, 0.15) is 30.9 Å². The zero-order valence-corrected chi connectivity index (χ0v) is 17.3. The van der Waals surface area contributed by atoms with E-state index in [9.17, 15) is 14.4 Å². The molecule has 1 aromatic heterocycles. The molecule has 0 spiro atoms. The first kappa shape index (κ1) is 21.0. The number of esters is 1. The van der Waals surface area contributed by atoms with E-state index in [1.165, 1.54) is 21.3 Å². The first-order valence-corrected chi connectivity index (χ1v) is 9.17. The lowest BCUT2D eigenvalue weighted by Crippen LogP contribution is -2.35. The number of fused-ring (bicyclic) bond motifs is 1. The third kappa shape index (κ3) is 3.51. The molecule has 2 aromatic rings. The summed E-state index contributed by atoms with van der Waals surface area (Å²) in [7, 11) is 4.41. The second kappa shape index (κ2) is 8.36. The van der Waals surface area contributed by atoms with Crippen LogP contribution in [0.15, 0.2) is 33.0 Å². The third-order valence-electron chi connectivity index (χ3n) is 4.79. The highest BCUT2D eigenvalue weighted by Crippen LogP contribution is 2.45. The van der Waals surface area contributed by atoms with Crippen molar-refractivity contribution in [2.75, 3.05) is 33.3 Å². The molecule has 0 aliphatic carbocycles. The lowest BCUT2D eigenvalue weighted by molar-refractivity contribution is -0.138. The number of rotatable bonds is 6. The lowest BCUT2D eigenvalue weighted by Gasteiger charge is -2.29. The Kier molecular flexibility index (Phi) is 5.86. The number of aromatic nitrogens is 2. The molecule has 0 amide bonds. The summed E-state index contributed by atoms with van der Waals surface area (Å²) in [5.41, 5.74) is 0.0680. The minimum atomic E-state index is -0.852. The first-order chi connectivity index (χ1) is 14.4. The number of hydrogen-bond donors (Lipinski definition) is 3. The maximum absolute atomic E-state index is 12.8. The van der Waals surface area contributed by atoms with Crippen molar-refractivity contribution in [2.45, 2.75) is 19.8 Å². The van der Waals surface area contributed by atoms with Crippen molar-refractivity contribution in [3.63, 3.8) is 0 Å². The Labute approximate surface area is 171 Å². The Hall–Kier alpha value is -3.69. The Balaban J connectivity index is 2.35. The molecule has 30 heavy (non-hydrogen) atoms. The summed E-state index contributed by atoms with van der Waals surface area (Å²) in [4.78, 5) is 42.2. The fourth-order valence-corrected chi connectivity index (χ4v) is 3.57. The Morgan fingerprint density at radius 1 is 1.03 bits per heavy atom. The number of aromatic amines is 2. The van der Waals surface area contributed by atoms with Gasteiger partial charge in [0, 0.05) is 5.70 Å². The number of methoxy groups -OCH3 is 3. The van der Waals surface area contributed by atoms with Crippen LogP contribution in [0.2, 0.25) is 0 Å². The van der Waals surface area contributed by atoms with Gasteiger partial charge >= 0.3 is 11.7 Å². The molecule has 3 rings (SSSR count). The standard InChI is InChI=1S/C20H23N3O7/c1-6-30-19(25)13-9(2)21-17-15(18(24)23-20(26)22-17)14(13)10-7-11(27-3)16(29-5)12(8-10)28-4/h7-8,14H,6H2,1-5H3,(H3,21,22,23,24,26). The maximum Gasteiger partial charge on any atom is 0.336 e. The van der Waals surface area contributed by atoms with Crippen molar-refractivity contribution < 1.29 is 23.7 Å². The van der Waals surface area contributed by atoms with E-state index in [2.05, 4.69) is 15.3 Å². The number of benzene rings is 1. The van der Waals surface area contributed by atoms with Crippen LogP contribution in [0, 0.1) is 0 Å². The van der Waals surface area contributed by atoms with Crippen molar-refractivity contribution in [1.82, 2.24) is 9.97 Å². The SMILES string of the molecule is CCOC(=O)C1=C(C)Nc2[nH]c(=O)[nH]c(=O)c2C1c1cc(OC)c(OC)c(OC)c1. The van der Waals surface area contributed by atoms with Gasteiger partial charge in [0.05, 0.1) is 45.0 Å². The number of carbonyl (C=O) groups is 1. The molecule has 10 heteroatoms. The summed E-state index contributed by atoms with van der Waals surface area (Å²) in [5.74, 6) is -0.158. The van der Waals surface area contributed by atoms with Gasteiger partial charge in [0.1, 0.15) is 5.82 Å². The highest BCUT2D eigenvalue weighted by molar-refractivity contribution is 5.94. The zero-order valence-electron chi connectivity index (χ0n) is 17.3. The molecule has 0 bridgehead atoms. The van der Waals surface area contributed by atoms with Crippen LogP contribution < -0.4 is 30.8 Å². The van der Waals surface area contributed by atoms with Gasteiger partial charge in [0.15, 0.2) is 11.5 Å². The molecule has 0 radical (unpaired) electrons. The third-order valence-corrected chi connectivity index (χ3v) is 4.79. The summed E-state index contributed by atoms with van der Waals surface area (Å²) in [6, 6.07) is 3.30. The van der Waals surface area contributed by atoms with Crippen LogP contribution in [-0.4, -0.2) is 43.9 Å². The van der Waals surface area contributed by atoms with Gasteiger partial charge < -0.3 is 24.3 Å². The van der Waals surface area contributed by atoms with E-state index in [0.717, 1.165) is 0 Å². The van der Waals surface area contributed by atoms with Crippen LogP contribution in [0.5, 0.6) is 17.2 Å². The van der Waals surface area contributed by atoms with E-state index in [1.807, 2.05) is 0 Å². The van der Waals surface area contributed by atoms with Crippen molar-refractivity contribution in [3.05, 3.63) is 55.4 Å². The molecular formula is C20H23N3O7. The van der Waals surface area contributed by atoms with E-state index in [4.69, 9.17) is 18.9 Å². The smallest absolute Gasteiger partial charge is 0.336 e. The quantitative estimate of drug-likeness (QED) is 0.603. The van der Waals surface area contributed by atoms with Crippen LogP contribution >= 0.6 is 0 Å². The molecule has 2 heterocycles. The van der Waals surface area contributed by atoms with Crippen LogP contribution in [0.3, 0.4) is 0 Å². The molecule has 1 aliphatic heterocycles. The van der Waals surface area contributed by atoms with Gasteiger partial charge in [-0.2, -0.15) is 0 Å². The minimum Gasteiger partial charge on any atom is -0.493 e. The number of anilines is 1. The Morgan fingerprint density at radius 2 is 1.67 bits per heavy atom. The van der Waals surface area contributed by atoms with Crippen LogP contribution in [0.4, 0.5) is 5.82 Å². The first-order valence-electron chi connectivity index (χ1n) is 9.17. The maximum atomic E-state index is 12.8. The average Bonchev–Trinajstić information content (AvgIpc) is 2.71. The monoisotopic (exact) mass is 417 g/mol. The topological polar surface area (TPSA) is 132 Å². The Morgan fingerprint density at radius 3 is 2.20 bits per heavy atom. The molecule has 1 atom stereocenters. The molecule has 0 fully saturated rings. The zero-order chi connectivity index (χ0) is 22.0. The molecule has 3 N–H and O–H groups in total. The fraction of sp³-hybridized carbons (Fsp3) is 0.350.